The molecule has 2 aliphatic rings. The zero-order valence-electron chi connectivity index (χ0n) is 18.8. The van der Waals surface area contributed by atoms with E-state index in [0.717, 1.165) is 23.1 Å². The Hall–Kier alpha value is -2.94. The number of hydrogen-bond donors (Lipinski definition) is 4. The molecule has 3 rings (SSSR count). The first kappa shape index (κ1) is 23.7. The summed E-state index contributed by atoms with van der Waals surface area (Å²) in [5.74, 6) is -3.72. The van der Waals surface area contributed by atoms with Crippen molar-refractivity contribution >= 4 is 23.8 Å². The summed E-state index contributed by atoms with van der Waals surface area (Å²) in [5.41, 5.74) is 6.24. The van der Waals surface area contributed by atoms with Crippen LogP contribution in [0.1, 0.15) is 55.3 Å². The van der Waals surface area contributed by atoms with E-state index in [1.54, 1.807) is 0 Å². The van der Waals surface area contributed by atoms with Crippen LogP contribution in [0, 0.1) is 25.7 Å². The number of imide groups is 1. The van der Waals surface area contributed by atoms with Crippen molar-refractivity contribution in [3.05, 3.63) is 34.9 Å². The molecule has 0 aromatic heterocycles. The van der Waals surface area contributed by atoms with Gasteiger partial charge in [0.1, 0.15) is 5.54 Å². The van der Waals surface area contributed by atoms with Gasteiger partial charge in [0.2, 0.25) is 11.8 Å². The van der Waals surface area contributed by atoms with E-state index < -0.39 is 41.3 Å². The van der Waals surface area contributed by atoms with Gasteiger partial charge in [-0.1, -0.05) is 37.1 Å². The van der Waals surface area contributed by atoms with Gasteiger partial charge in [-0.2, -0.15) is 0 Å². The highest BCUT2D eigenvalue weighted by atomic mass is 16.4. The summed E-state index contributed by atoms with van der Waals surface area (Å²) >= 11 is 0. The smallest absolute Gasteiger partial charge is 0.324 e. The molecule has 2 aliphatic heterocycles. The fraction of sp³-hybridized carbons (Fsp3) is 0.565. The number of amides is 4. The number of hydrogen-bond acceptors (Lipinski definition) is 5. The van der Waals surface area contributed by atoms with E-state index in [1.165, 1.54) is 4.90 Å². The maximum absolute atomic E-state index is 13.4. The van der Waals surface area contributed by atoms with Gasteiger partial charge < -0.3 is 16.2 Å². The van der Waals surface area contributed by atoms with E-state index in [-0.39, 0.29) is 18.9 Å². The Morgan fingerprint density at radius 1 is 1.22 bits per heavy atom. The van der Waals surface area contributed by atoms with Crippen molar-refractivity contribution in [2.24, 2.45) is 17.6 Å². The molecule has 4 amide bonds. The first-order valence-corrected chi connectivity index (χ1v) is 11.1. The van der Waals surface area contributed by atoms with Crippen LogP contribution in [0.25, 0.3) is 0 Å². The number of urea groups is 1. The number of likely N-dealkylation sites (tertiary alicyclic amines) is 1. The van der Waals surface area contributed by atoms with E-state index in [0.29, 0.717) is 19.4 Å². The molecule has 1 aromatic carbocycles. The van der Waals surface area contributed by atoms with Crippen LogP contribution in [-0.2, 0) is 14.4 Å². The molecule has 0 aliphatic carbocycles. The van der Waals surface area contributed by atoms with Gasteiger partial charge in [-0.3, -0.25) is 24.6 Å². The summed E-state index contributed by atoms with van der Waals surface area (Å²) in [6.07, 6.45) is 1.85. The minimum Gasteiger partial charge on any atom is -0.480 e. The SMILES string of the molecule is CCCCN1C(=O)C2C(c3cc(C)ccc3C)NC(CCCNC(N)=O)(C(=O)O)C2C1=O. The van der Waals surface area contributed by atoms with Crippen LogP contribution in [0.15, 0.2) is 18.2 Å². The van der Waals surface area contributed by atoms with Crippen LogP contribution in [-0.4, -0.2) is 52.4 Å². The fourth-order valence-electron chi connectivity index (χ4n) is 5.07. The Bertz CT molecular complexity index is 933. The maximum atomic E-state index is 13.4. The van der Waals surface area contributed by atoms with Gasteiger partial charge in [0, 0.05) is 19.1 Å². The number of carboxylic acid groups (broad SMARTS) is 1. The summed E-state index contributed by atoms with van der Waals surface area (Å²) in [4.78, 5) is 51.7. The van der Waals surface area contributed by atoms with E-state index in [4.69, 9.17) is 5.73 Å². The van der Waals surface area contributed by atoms with Crippen molar-refractivity contribution < 1.29 is 24.3 Å². The molecule has 174 valence electrons. The van der Waals surface area contributed by atoms with Gasteiger partial charge in [0.05, 0.1) is 11.8 Å². The normalized spacial score (nSPS) is 27.0. The molecule has 5 N–H and O–H groups in total. The van der Waals surface area contributed by atoms with Gasteiger partial charge in [0.15, 0.2) is 0 Å². The molecule has 4 atom stereocenters. The lowest BCUT2D eigenvalue weighted by atomic mass is 9.76. The predicted molar refractivity (Wildman–Crippen MR) is 118 cm³/mol. The zero-order valence-corrected chi connectivity index (χ0v) is 18.8. The number of nitrogens with zero attached hydrogens (tertiary/aromatic N) is 1. The maximum Gasteiger partial charge on any atom is 0.324 e. The zero-order chi connectivity index (χ0) is 23.6. The number of rotatable bonds is 9. The molecule has 9 nitrogen and oxygen atoms in total. The van der Waals surface area contributed by atoms with Crippen LogP contribution in [0.5, 0.6) is 0 Å². The van der Waals surface area contributed by atoms with Crippen LogP contribution < -0.4 is 16.4 Å². The summed E-state index contributed by atoms with van der Waals surface area (Å²) in [6, 6.07) is 4.55. The lowest BCUT2D eigenvalue weighted by molar-refractivity contribution is -0.151. The summed E-state index contributed by atoms with van der Waals surface area (Å²) in [7, 11) is 0. The third-order valence-corrected chi connectivity index (χ3v) is 6.68. The van der Waals surface area contributed by atoms with E-state index >= 15 is 0 Å². The van der Waals surface area contributed by atoms with Crippen LogP contribution in [0.3, 0.4) is 0 Å². The predicted octanol–water partition coefficient (Wildman–Crippen LogP) is 1.62. The average molecular weight is 445 g/mol. The molecular formula is C23H32N4O5. The number of aliphatic carboxylic acids is 1. The number of nitrogens with two attached hydrogens (primary N) is 1. The van der Waals surface area contributed by atoms with Crippen LogP contribution in [0.4, 0.5) is 4.79 Å². The van der Waals surface area contributed by atoms with Crippen molar-refractivity contribution in [1.82, 2.24) is 15.5 Å². The molecule has 0 radical (unpaired) electrons. The Kier molecular flexibility index (Phi) is 6.88. The average Bonchev–Trinajstić information content (AvgIpc) is 3.20. The molecule has 2 fully saturated rings. The third-order valence-electron chi connectivity index (χ3n) is 6.68. The molecule has 2 saturated heterocycles. The quantitative estimate of drug-likeness (QED) is 0.337. The molecule has 0 bridgehead atoms. The van der Waals surface area contributed by atoms with Gasteiger partial charge in [-0.15, -0.1) is 0 Å². The van der Waals surface area contributed by atoms with Gasteiger partial charge in [-0.25, -0.2) is 4.79 Å². The van der Waals surface area contributed by atoms with E-state index in [2.05, 4.69) is 10.6 Å². The highest BCUT2D eigenvalue weighted by Crippen LogP contribution is 2.51. The van der Waals surface area contributed by atoms with Crippen LogP contribution in [0.2, 0.25) is 0 Å². The van der Waals surface area contributed by atoms with E-state index in [1.807, 2.05) is 39.0 Å². The number of carbonyl (C=O) groups excluding carboxylic acids is 3. The molecule has 32 heavy (non-hydrogen) atoms. The second-order valence-electron chi connectivity index (χ2n) is 8.84. The number of carboxylic acids is 1. The lowest BCUT2D eigenvalue weighted by Gasteiger charge is -2.31. The van der Waals surface area contributed by atoms with Gasteiger partial charge in [-0.05, 0) is 44.2 Å². The van der Waals surface area contributed by atoms with Crippen molar-refractivity contribution in [3.8, 4) is 0 Å². The number of aryl methyl sites for hydroxylation is 2. The third kappa shape index (κ3) is 4.09. The number of benzene rings is 1. The van der Waals surface area contributed by atoms with Gasteiger partial charge >= 0.3 is 12.0 Å². The minimum absolute atomic E-state index is 0.0752. The topological polar surface area (TPSA) is 142 Å². The largest absolute Gasteiger partial charge is 0.480 e. The number of nitrogens with one attached hydrogen (secondary N) is 2. The van der Waals surface area contributed by atoms with Crippen molar-refractivity contribution in [1.29, 1.82) is 0 Å². The second-order valence-corrected chi connectivity index (χ2v) is 8.84. The summed E-state index contributed by atoms with van der Waals surface area (Å²) < 4.78 is 0. The van der Waals surface area contributed by atoms with E-state index in [9.17, 15) is 24.3 Å². The lowest BCUT2D eigenvalue weighted by Crippen LogP contribution is -2.56. The Morgan fingerprint density at radius 2 is 1.94 bits per heavy atom. The number of fused-ring (bicyclic) bond motifs is 1. The fourth-order valence-corrected chi connectivity index (χ4v) is 5.07. The molecular weight excluding hydrogens is 412 g/mol. The van der Waals surface area contributed by atoms with Crippen LogP contribution >= 0.6 is 0 Å². The Balaban J connectivity index is 2.04. The molecule has 2 heterocycles. The van der Waals surface area contributed by atoms with Gasteiger partial charge in [0.25, 0.3) is 0 Å². The Morgan fingerprint density at radius 3 is 2.56 bits per heavy atom. The Labute approximate surface area is 187 Å². The first-order chi connectivity index (χ1) is 15.1. The number of primary amides is 1. The molecule has 0 spiro atoms. The second kappa shape index (κ2) is 9.28. The highest BCUT2D eigenvalue weighted by molar-refractivity contribution is 6.09. The molecule has 1 aromatic rings. The summed E-state index contributed by atoms with van der Waals surface area (Å²) in [5, 5.41) is 16.0. The molecule has 0 saturated carbocycles. The number of carbonyl (C=O) groups is 4. The highest BCUT2D eigenvalue weighted by Gasteiger charge is 2.68. The monoisotopic (exact) mass is 444 g/mol. The van der Waals surface area contributed by atoms with Crippen molar-refractivity contribution in [3.63, 3.8) is 0 Å². The number of unbranched alkanes of at least 4 members (excludes halogenated alkanes) is 1. The molecule has 9 heteroatoms. The minimum atomic E-state index is -1.61. The molecule has 4 unspecified atom stereocenters. The standard InChI is InChI=1S/C23H32N4O5/c1-4-5-11-27-19(28)16-17(20(27)29)23(21(30)31,9-6-10-25-22(24)32)26-18(16)15-12-13(2)7-8-14(15)3/h7-8,12,16-18,26H,4-6,9-11H2,1-3H3,(H,30,31)(H3,24,25,32). The summed E-state index contributed by atoms with van der Waals surface area (Å²) in [6.45, 7) is 6.29. The van der Waals surface area contributed by atoms with Crippen molar-refractivity contribution in [2.45, 2.75) is 58.0 Å². The van der Waals surface area contributed by atoms with Crippen molar-refractivity contribution in [2.75, 3.05) is 13.1 Å². The first-order valence-electron chi connectivity index (χ1n) is 11.1.